The smallest absolute Gasteiger partial charge is 0.305 e. The van der Waals surface area contributed by atoms with E-state index in [2.05, 4.69) is 5.32 Å². The molecule has 3 unspecified atom stereocenters. The van der Waals surface area contributed by atoms with E-state index >= 15 is 0 Å². The van der Waals surface area contributed by atoms with Crippen LogP contribution in [0.2, 0.25) is 0 Å². The Balaban J connectivity index is 2.33. The lowest BCUT2D eigenvalue weighted by molar-refractivity contribution is -0.138. The third-order valence-corrected chi connectivity index (χ3v) is 2.53. The Morgan fingerprint density at radius 2 is 2.25 bits per heavy atom. The number of ether oxygens (including phenoxy) is 1. The van der Waals surface area contributed by atoms with Gasteiger partial charge >= 0.3 is 5.97 Å². The molecule has 1 aliphatic heterocycles. The van der Waals surface area contributed by atoms with Gasteiger partial charge in [-0.25, -0.2) is 0 Å². The molecule has 4 N–H and O–H groups in total. The van der Waals surface area contributed by atoms with Crippen LogP contribution in [-0.4, -0.2) is 41.8 Å². The molecule has 0 aromatic heterocycles. The van der Waals surface area contributed by atoms with Gasteiger partial charge in [-0.15, -0.1) is 0 Å². The van der Waals surface area contributed by atoms with E-state index in [1.165, 1.54) is 0 Å². The molecule has 1 saturated heterocycles. The van der Waals surface area contributed by atoms with E-state index in [9.17, 15) is 9.59 Å². The van der Waals surface area contributed by atoms with Crippen molar-refractivity contribution in [2.75, 3.05) is 6.54 Å². The molecule has 92 valence electrons. The maximum absolute atomic E-state index is 11.6. The van der Waals surface area contributed by atoms with Gasteiger partial charge < -0.3 is 20.9 Å². The highest BCUT2D eigenvalue weighted by atomic mass is 16.5. The zero-order valence-corrected chi connectivity index (χ0v) is 9.31. The lowest BCUT2D eigenvalue weighted by Crippen LogP contribution is -2.41. The van der Waals surface area contributed by atoms with E-state index in [1.54, 1.807) is 6.92 Å². The third-order valence-electron chi connectivity index (χ3n) is 2.53. The Kier molecular flexibility index (Phi) is 4.70. The highest BCUT2D eigenvalue weighted by molar-refractivity contribution is 5.81. The van der Waals surface area contributed by atoms with Gasteiger partial charge in [0.25, 0.3) is 0 Å². The summed E-state index contributed by atoms with van der Waals surface area (Å²) in [6, 6.07) is -0.384. The Hall–Kier alpha value is -1.14. The van der Waals surface area contributed by atoms with Crippen LogP contribution in [0, 0.1) is 0 Å². The van der Waals surface area contributed by atoms with Crippen LogP contribution in [0.25, 0.3) is 0 Å². The molecule has 1 aliphatic rings. The summed E-state index contributed by atoms with van der Waals surface area (Å²) < 4.78 is 5.39. The summed E-state index contributed by atoms with van der Waals surface area (Å²) in [6.07, 6.45) is 0.809. The minimum atomic E-state index is -0.931. The fraction of sp³-hybridized carbons (Fsp3) is 0.800. The first-order valence-corrected chi connectivity index (χ1v) is 5.40. The summed E-state index contributed by atoms with van der Waals surface area (Å²) in [5, 5.41) is 11.2. The summed E-state index contributed by atoms with van der Waals surface area (Å²) in [7, 11) is 0. The third kappa shape index (κ3) is 3.79. The Morgan fingerprint density at radius 3 is 2.75 bits per heavy atom. The number of rotatable bonds is 5. The molecule has 0 radical (unpaired) electrons. The number of amides is 1. The molecule has 0 aromatic carbocycles. The molecule has 0 spiro atoms. The van der Waals surface area contributed by atoms with Gasteiger partial charge in [-0.05, 0) is 19.8 Å². The Labute approximate surface area is 94.1 Å². The topological polar surface area (TPSA) is 102 Å². The van der Waals surface area contributed by atoms with Crippen molar-refractivity contribution >= 4 is 11.9 Å². The van der Waals surface area contributed by atoms with Crippen LogP contribution in [0.3, 0.4) is 0 Å². The van der Waals surface area contributed by atoms with Crippen LogP contribution in [0.15, 0.2) is 0 Å². The van der Waals surface area contributed by atoms with E-state index < -0.39 is 12.1 Å². The monoisotopic (exact) mass is 230 g/mol. The van der Waals surface area contributed by atoms with Gasteiger partial charge in [0, 0.05) is 12.6 Å². The minimum absolute atomic E-state index is 0.0504. The second-order valence-corrected chi connectivity index (χ2v) is 4.07. The molecule has 6 nitrogen and oxygen atoms in total. The van der Waals surface area contributed by atoms with Crippen LogP contribution in [0.5, 0.6) is 0 Å². The molecular formula is C10H18N2O4. The second-order valence-electron chi connectivity index (χ2n) is 4.07. The maximum Gasteiger partial charge on any atom is 0.305 e. The molecule has 3 atom stereocenters. The number of hydrogen-bond donors (Lipinski definition) is 3. The van der Waals surface area contributed by atoms with Gasteiger partial charge in [0.2, 0.25) is 5.91 Å². The van der Waals surface area contributed by atoms with E-state index in [1.807, 2.05) is 0 Å². The summed E-state index contributed by atoms with van der Waals surface area (Å²) in [5.74, 6) is -1.18. The SMILES string of the molecule is CC(CC(=O)O)NC(=O)C1CCC(CN)O1. The highest BCUT2D eigenvalue weighted by Crippen LogP contribution is 2.18. The fourth-order valence-corrected chi connectivity index (χ4v) is 1.72. The van der Waals surface area contributed by atoms with Crippen LogP contribution >= 0.6 is 0 Å². The average molecular weight is 230 g/mol. The molecule has 1 heterocycles. The van der Waals surface area contributed by atoms with Crippen LogP contribution in [0.1, 0.15) is 26.2 Å². The van der Waals surface area contributed by atoms with Crippen molar-refractivity contribution < 1.29 is 19.4 Å². The van der Waals surface area contributed by atoms with Crippen LogP contribution in [-0.2, 0) is 14.3 Å². The largest absolute Gasteiger partial charge is 0.481 e. The summed E-state index contributed by atoms with van der Waals surface area (Å²) in [6.45, 7) is 2.07. The van der Waals surface area contributed by atoms with Gasteiger partial charge in [-0.1, -0.05) is 0 Å². The first-order chi connectivity index (χ1) is 7.52. The predicted octanol–water partition coefficient (Wildman–Crippen LogP) is -0.528. The number of nitrogens with one attached hydrogen (secondary N) is 1. The quantitative estimate of drug-likeness (QED) is 0.589. The molecule has 6 heteroatoms. The first-order valence-electron chi connectivity index (χ1n) is 5.40. The van der Waals surface area contributed by atoms with Crippen molar-refractivity contribution in [3.05, 3.63) is 0 Å². The van der Waals surface area contributed by atoms with Gasteiger partial charge in [0.15, 0.2) is 0 Å². The van der Waals surface area contributed by atoms with E-state index in [4.69, 9.17) is 15.6 Å². The zero-order valence-electron chi connectivity index (χ0n) is 9.31. The van der Waals surface area contributed by atoms with E-state index in [0.29, 0.717) is 13.0 Å². The van der Waals surface area contributed by atoms with Gasteiger partial charge in [0.05, 0.1) is 12.5 Å². The predicted molar refractivity (Wildman–Crippen MR) is 56.8 cm³/mol. The van der Waals surface area contributed by atoms with Gasteiger partial charge in [-0.3, -0.25) is 9.59 Å². The lowest BCUT2D eigenvalue weighted by atomic mass is 10.1. The summed E-state index contributed by atoms with van der Waals surface area (Å²) >= 11 is 0. The Morgan fingerprint density at radius 1 is 1.56 bits per heavy atom. The van der Waals surface area contributed by atoms with E-state index in [0.717, 1.165) is 6.42 Å². The van der Waals surface area contributed by atoms with Gasteiger partial charge in [0.1, 0.15) is 6.10 Å². The number of aliphatic carboxylic acids is 1. The lowest BCUT2D eigenvalue weighted by Gasteiger charge is -2.16. The molecule has 0 aromatic rings. The molecule has 0 aliphatic carbocycles. The molecule has 1 amide bonds. The van der Waals surface area contributed by atoms with Crippen molar-refractivity contribution in [3.8, 4) is 0 Å². The molecule has 1 fully saturated rings. The molecule has 16 heavy (non-hydrogen) atoms. The number of nitrogens with two attached hydrogens (primary N) is 1. The standard InChI is InChI=1S/C10H18N2O4/c1-6(4-9(13)14)12-10(15)8-3-2-7(5-11)16-8/h6-8H,2-5,11H2,1H3,(H,12,15)(H,13,14). The normalized spacial score (nSPS) is 26.4. The first kappa shape index (κ1) is 12.9. The van der Waals surface area contributed by atoms with Crippen molar-refractivity contribution in [3.63, 3.8) is 0 Å². The van der Waals surface area contributed by atoms with Crippen molar-refractivity contribution in [1.29, 1.82) is 0 Å². The molecule has 0 bridgehead atoms. The highest BCUT2D eigenvalue weighted by Gasteiger charge is 2.30. The number of hydrogen-bond acceptors (Lipinski definition) is 4. The van der Waals surface area contributed by atoms with Crippen LogP contribution < -0.4 is 11.1 Å². The fourth-order valence-electron chi connectivity index (χ4n) is 1.72. The van der Waals surface area contributed by atoms with Gasteiger partial charge in [-0.2, -0.15) is 0 Å². The van der Waals surface area contributed by atoms with Crippen molar-refractivity contribution in [1.82, 2.24) is 5.32 Å². The van der Waals surface area contributed by atoms with Crippen LogP contribution in [0.4, 0.5) is 0 Å². The second kappa shape index (κ2) is 5.81. The molecule has 0 saturated carbocycles. The number of carboxylic acid groups (broad SMARTS) is 1. The van der Waals surface area contributed by atoms with Crippen molar-refractivity contribution in [2.45, 2.75) is 44.4 Å². The number of carboxylic acids is 1. The molecular weight excluding hydrogens is 212 g/mol. The minimum Gasteiger partial charge on any atom is -0.481 e. The summed E-state index contributed by atoms with van der Waals surface area (Å²) in [5.41, 5.74) is 5.43. The average Bonchev–Trinajstić information content (AvgIpc) is 2.64. The number of carbonyl (C=O) groups excluding carboxylic acids is 1. The zero-order chi connectivity index (χ0) is 12.1. The molecule has 1 rings (SSSR count). The van der Waals surface area contributed by atoms with Crippen molar-refractivity contribution in [2.24, 2.45) is 5.73 Å². The van der Waals surface area contributed by atoms with E-state index in [-0.39, 0.29) is 24.5 Å². The summed E-state index contributed by atoms with van der Waals surface area (Å²) in [4.78, 5) is 22.0. The Bertz CT molecular complexity index is 270. The number of carbonyl (C=O) groups is 2. The maximum atomic E-state index is 11.6.